The van der Waals surface area contributed by atoms with Gasteiger partial charge in [-0.3, -0.25) is 18.9 Å². The van der Waals surface area contributed by atoms with Gasteiger partial charge in [0.2, 0.25) is 0 Å². The van der Waals surface area contributed by atoms with Crippen LogP contribution in [0.1, 0.15) is 42.4 Å². The summed E-state index contributed by atoms with van der Waals surface area (Å²) >= 11 is 0. The van der Waals surface area contributed by atoms with Crippen LogP contribution in [0.25, 0.3) is 5.69 Å². The molecular weight excluding hydrogens is 390 g/mol. The summed E-state index contributed by atoms with van der Waals surface area (Å²) in [6.07, 6.45) is 0. The van der Waals surface area contributed by atoms with Crippen LogP contribution in [0.15, 0.2) is 34.0 Å². The number of nitrogens with zero attached hydrogens (tertiary/aromatic N) is 4. The van der Waals surface area contributed by atoms with Crippen molar-refractivity contribution in [3.05, 3.63) is 57.3 Å². The molecular formula is C20H27N5O3S. The van der Waals surface area contributed by atoms with E-state index in [1.54, 1.807) is 47.1 Å². The zero-order valence-corrected chi connectivity index (χ0v) is 18.6. The standard InChI is InChI=1S/C20H27N5O3S/c1-12(2)18-14(4)24(7)25(20(18)26)16-8-10-17(11-9-16)29(27,28)22-19-13(3)21-23(6)15(19)5/h8-12,22H,1-7H3. The maximum absolute atomic E-state index is 12.9. The predicted octanol–water partition coefficient (Wildman–Crippen LogP) is 2.76. The minimum atomic E-state index is -3.78. The molecule has 0 fully saturated rings. The molecule has 0 aliphatic rings. The molecule has 1 aromatic carbocycles. The highest BCUT2D eigenvalue weighted by atomic mass is 32.2. The Labute approximate surface area is 170 Å². The molecule has 0 atom stereocenters. The SMILES string of the molecule is Cc1nn(C)c(C)c1NS(=O)(=O)c1ccc(-n2c(=O)c(C(C)C)c(C)n2C)cc1. The molecule has 3 aromatic rings. The summed E-state index contributed by atoms with van der Waals surface area (Å²) in [6, 6.07) is 6.29. The van der Waals surface area contributed by atoms with Gasteiger partial charge in [0.1, 0.15) is 0 Å². The number of aryl methyl sites for hydroxylation is 2. The molecule has 0 saturated carbocycles. The fourth-order valence-electron chi connectivity index (χ4n) is 3.57. The Kier molecular flexibility index (Phi) is 5.20. The fraction of sp³-hybridized carbons (Fsp3) is 0.400. The van der Waals surface area contributed by atoms with Crippen molar-refractivity contribution in [1.82, 2.24) is 19.1 Å². The van der Waals surface area contributed by atoms with Crippen LogP contribution < -0.4 is 10.3 Å². The molecule has 156 valence electrons. The predicted molar refractivity (Wildman–Crippen MR) is 113 cm³/mol. The van der Waals surface area contributed by atoms with Crippen LogP contribution in [0.3, 0.4) is 0 Å². The van der Waals surface area contributed by atoms with Crippen LogP contribution in [0.2, 0.25) is 0 Å². The third kappa shape index (κ3) is 3.50. The summed E-state index contributed by atoms with van der Waals surface area (Å²) in [7, 11) is -0.192. The van der Waals surface area contributed by atoms with Gasteiger partial charge >= 0.3 is 0 Å². The minimum absolute atomic E-state index is 0.0876. The van der Waals surface area contributed by atoms with E-state index in [4.69, 9.17) is 0 Å². The summed E-state index contributed by atoms with van der Waals surface area (Å²) < 4.78 is 33.2. The highest BCUT2D eigenvalue weighted by Crippen LogP contribution is 2.24. The highest BCUT2D eigenvalue weighted by Gasteiger charge is 2.21. The number of aromatic nitrogens is 4. The fourth-order valence-corrected chi connectivity index (χ4v) is 4.74. The van der Waals surface area contributed by atoms with Crippen LogP contribution in [0, 0.1) is 20.8 Å². The van der Waals surface area contributed by atoms with Gasteiger partial charge in [0.25, 0.3) is 15.6 Å². The van der Waals surface area contributed by atoms with Crippen LogP contribution >= 0.6 is 0 Å². The molecule has 8 nitrogen and oxygen atoms in total. The monoisotopic (exact) mass is 417 g/mol. The quantitative estimate of drug-likeness (QED) is 0.691. The van der Waals surface area contributed by atoms with Crippen molar-refractivity contribution in [3.8, 4) is 5.69 Å². The van der Waals surface area contributed by atoms with Gasteiger partial charge in [0, 0.05) is 25.4 Å². The molecule has 3 rings (SSSR count). The molecule has 0 bridgehead atoms. The van der Waals surface area contributed by atoms with Gasteiger partial charge < -0.3 is 0 Å². The Morgan fingerprint density at radius 1 is 1.00 bits per heavy atom. The lowest BCUT2D eigenvalue weighted by molar-refractivity contribution is 0.600. The van der Waals surface area contributed by atoms with E-state index < -0.39 is 10.0 Å². The first kappa shape index (κ1) is 20.9. The van der Waals surface area contributed by atoms with Gasteiger partial charge in [-0.05, 0) is 51.0 Å². The number of anilines is 1. The molecule has 0 aliphatic heterocycles. The third-order valence-corrected chi connectivity index (χ3v) is 6.68. The number of benzene rings is 1. The summed E-state index contributed by atoms with van der Waals surface area (Å²) in [5.74, 6) is 0.102. The van der Waals surface area contributed by atoms with Crippen molar-refractivity contribution in [2.24, 2.45) is 14.1 Å². The second kappa shape index (κ2) is 7.22. The first-order chi connectivity index (χ1) is 13.5. The molecule has 2 aromatic heterocycles. The molecule has 1 N–H and O–H groups in total. The summed E-state index contributed by atoms with van der Waals surface area (Å²) in [5.41, 5.74) is 3.99. The van der Waals surface area contributed by atoms with Crippen molar-refractivity contribution in [1.29, 1.82) is 0 Å². The summed E-state index contributed by atoms with van der Waals surface area (Å²) in [6.45, 7) is 9.44. The summed E-state index contributed by atoms with van der Waals surface area (Å²) in [5, 5.41) is 4.24. The van der Waals surface area contributed by atoms with Crippen molar-refractivity contribution in [3.63, 3.8) is 0 Å². The van der Waals surface area contributed by atoms with E-state index in [1.165, 1.54) is 12.1 Å². The smallest absolute Gasteiger partial charge is 0.275 e. The highest BCUT2D eigenvalue weighted by molar-refractivity contribution is 7.92. The molecule has 0 spiro atoms. The zero-order chi connectivity index (χ0) is 21.7. The Morgan fingerprint density at radius 2 is 1.59 bits per heavy atom. The second-order valence-electron chi connectivity index (χ2n) is 7.56. The average Bonchev–Trinajstić information content (AvgIpc) is 3.01. The minimum Gasteiger partial charge on any atom is -0.285 e. The van der Waals surface area contributed by atoms with Crippen LogP contribution in [-0.4, -0.2) is 27.6 Å². The molecule has 9 heteroatoms. The van der Waals surface area contributed by atoms with E-state index in [9.17, 15) is 13.2 Å². The van der Waals surface area contributed by atoms with E-state index >= 15 is 0 Å². The molecule has 2 heterocycles. The van der Waals surface area contributed by atoms with E-state index in [2.05, 4.69) is 9.82 Å². The van der Waals surface area contributed by atoms with E-state index in [0.717, 1.165) is 17.0 Å². The molecule has 0 amide bonds. The van der Waals surface area contributed by atoms with E-state index in [-0.39, 0.29) is 16.4 Å². The summed E-state index contributed by atoms with van der Waals surface area (Å²) in [4.78, 5) is 13.0. The van der Waals surface area contributed by atoms with Crippen molar-refractivity contribution in [2.75, 3.05) is 4.72 Å². The number of hydrogen-bond acceptors (Lipinski definition) is 4. The van der Waals surface area contributed by atoms with Gasteiger partial charge in [-0.15, -0.1) is 0 Å². The molecule has 0 unspecified atom stereocenters. The van der Waals surface area contributed by atoms with Crippen LogP contribution in [0.4, 0.5) is 5.69 Å². The number of sulfonamides is 1. The Hall–Kier alpha value is -2.81. The lowest BCUT2D eigenvalue weighted by Gasteiger charge is -2.11. The van der Waals surface area contributed by atoms with Crippen molar-refractivity contribution < 1.29 is 8.42 Å². The Morgan fingerprint density at radius 3 is 2.03 bits per heavy atom. The van der Waals surface area contributed by atoms with Crippen LogP contribution in [0.5, 0.6) is 0 Å². The maximum Gasteiger partial charge on any atom is 0.275 e. The third-order valence-electron chi connectivity index (χ3n) is 5.31. The topological polar surface area (TPSA) is 90.9 Å². The van der Waals surface area contributed by atoms with Gasteiger partial charge in [-0.1, -0.05) is 13.8 Å². The Balaban J connectivity index is 1.99. The number of hydrogen-bond donors (Lipinski definition) is 1. The maximum atomic E-state index is 12.9. The molecule has 0 radical (unpaired) electrons. The number of rotatable bonds is 5. The van der Waals surface area contributed by atoms with Crippen molar-refractivity contribution in [2.45, 2.75) is 45.4 Å². The molecule has 0 aliphatic carbocycles. The average molecular weight is 418 g/mol. The molecule has 29 heavy (non-hydrogen) atoms. The Bertz CT molecular complexity index is 1230. The zero-order valence-electron chi connectivity index (χ0n) is 17.8. The van der Waals surface area contributed by atoms with Crippen molar-refractivity contribution >= 4 is 15.7 Å². The largest absolute Gasteiger partial charge is 0.285 e. The van der Waals surface area contributed by atoms with E-state index in [1.807, 2.05) is 27.8 Å². The molecule has 0 saturated heterocycles. The second-order valence-corrected chi connectivity index (χ2v) is 9.25. The van der Waals surface area contributed by atoms with Gasteiger partial charge in [-0.2, -0.15) is 5.10 Å². The first-order valence-electron chi connectivity index (χ1n) is 9.37. The van der Waals surface area contributed by atoms with Gasteiger partial charge in [0.05, 0.1) is 27.7 Å². The normalized spacial score (nSPS) is 12.0. The van der Waals surface area contributed by atoms with Gasteiger partial charge in [-0.25, -0.2) is 13.1 Å². The van der Waals surface area contributed by atoms with Gasteiger partial charge in [0.15, 0.2) is 0 Å². The lowest BCUT2D eigenvalue weighted by Crippen LogP contribution is -2.21. The first-order valence-corrected chi connectivity index (χ1v) is 10.9. The van der Waals surface area contributed by atoms with Crippen LogP contribution in [-0.2, 0) is 24.1 Å². The lowest BCUT2D eigenvalue weighted by atomic mass is 10.0. The number of nitrogens with one attached hydrogen (secondary N) is 1. The van der Waals surface area contributed by atoms with E-state index in [0.29, 0.717) is 17.1 Å².